The van der Waals surface area contributed by atoms with Crippen molar-refractivity contribution >= 4 is 43.8 Å². The van der Waals surface area contributed by atoms with E-state index in [2.05, 4.69) is 37.2 Å². The Bertz CT molecular complexity index is 991. The second-order valence-corrected chi connectivity index (χ2v) is 9.06. The highest BCUT2D eigenvalue weighted by molar-refractivity contribution is 9.10. The maximum Gasteiger partial charge on any atom is 0.262 e. The minimum Gasteiger partial charge on any atom is -0.490 e. The summed E-state index contributed by atoms with van der Waals surface area (Å²) < 4.78 is 13.5. The highest BCUT2D eigenvalue weighted by atomic mass is 79.9. The maximum atomic E-state index is 12.5. The largest absolute Gasteiger partial charge is 0.490 e. The molecule has 1 amide bonds. The molecule has 0 spiro atoms. The van der Waals surface area contributed by atoms with E-state index in [-0.39, 0.29) is 17.5 Å². The van der Waals surface area contributed by atoms with Crippen LogP contribution in [0.4, 0.5) is 0 Å². The standard InChI is InChI=1S/C24H24Br2N2O3/c1-2-30-22-12-17(11-18(14-27)24(29)28-20-5-3-4-6-20)21(26)13-23(22)31-15-16-7-9-19(25)10-8-16/h7-13,20H,2-6,15H2,1H3,(H,28,29)/b18-11-. The van der Waals surface area contributed by atoms with E-state index in [1.807, 2.05) is 37.3 Å². The lowest BCUT2D eigenvalue weighted by atomic mass is 10.1. The van der Waals surface area contributed by atoms with Crippen molar-refractivity contribution in [1.29, 1.82) is 5.26 Å². The number of carbonyl (C=O) groups is 1. The molecule has 162 valence electrons. The predicted molar refractivity (Wildman–Crippen MR) is 128 cm³/mol. The molecule has 0 radical (unpaired) electrons. The Balaban J connectivity index is 1.80. The Labute approximate surface area is 199 Å². The van der Waals surface area contributed by atoms with Crippen LogP contribution in [0.3, 0.4) is 0 Å². The van der Waals surface area contributed by atoms with Crippen molar-refractivity contribution in [1.82, 2.24) is 5.32 Å². The van der Waals surface area contributed by atoms with E-state index in [0.29, 0.717) is 34.7 Å². The van der Waals surface area contributed by atoms with Crippen LogP contribution in [0.2, 0.25) is 0 Å². The summed E-state index contributed by atoms with van der Waals surface area (Å²) in [6, 6.07) is 13.7. The number of nitrogens with one attached hydrogen (secondary N) is 1. The van der Waals surface area contributed by atoms with E-state index in [1.165, 1.54) is 0 Å². The average molecular weight is 548 g/mol. The molecule has 2 aromatic rings. The summed E-state index contributed by atoms with van der Waals surface area (Å²) in [5.74, 6) is 0.806. The van der Waals surface area contributed by atoms with Crippen LogP contribution in [0.25, 0.3) is 6.08 Å². The van der Waals surface area contributed by atoms with Crippen molar-refractivity contribution < 1.29 is 14.3 Å². The molecule has 2 aromatic carbocycles. The second-order valence-electron chi connectivity index (χ2n) is 7.29. The zero-order chi connectivity index (χ0) is 22.2. The first-order valence-electron chi connectivity index (χ1n) is 10.3. The Kier molecular flexibility index (Phi) is 8.56. The van der Waals surface area contributed by atoms with Gasteiger partial charge in [0.1, 0.15) is 18.2 Å². The van der Waals surface area contributed by atoms with Crippen molar-refractivity contribution in [3.05, 3.63) is 62.0 Å². The van der Waals surface area contributed by atoms with Gasteiger partial charge in [-0.25, -0.2) is 0 Å². The van der Waals surface area contributed by atoms with Gasteiger partial charge in [-0.3, -0.25) is 4.79 Å². The molecule has 7 heteroatoms. The fourth-order valence-corrected chi connectivity index (χ4v) is 4.12. The third-order valence-corrected chi connectivity index (χ3v) is 6.24. The Morgan fingerprint density at radius 2 is 1.84 bits per heavy atom. The highest BCUT2D eigenvalue weighted by Crippen LogP contribution is 2.35. The number of carbonyl (C=O) groups excluding carboxylic acids is 1. The third-order valence-electron chi connectivity index (χ3n) is 5.03. The summed E-state index contributed by atoms with van der Waals surface area (Å²) in [5, 5.41) is 12.5. The third kappa shape index (κ3) is 6.59. The first kappa shape index (κ1) is 23.4. The van der Waals surface area contributed by atoms with E-state index in [4.69, 9.17) is 9.47 Å². The number of amides is 1. The van der Waals surface area contributed by atoms with Crippen molar-refractivity contribution in [3.63, 3.8) is 0 Å². The number of nitrogens with zero attached hydrogens (tertiary/aromatic N) is 1. The minimum atomic E-state index is -0.338. The lowest BCUT2D eigenvalue weighted by Crippen LogP contribution is -2.33. The van der Waals surface area contributed by atoms with Crippen LogP contribution < -0.4 is 14.8 Å². The van der Waals surface area contributed by atoms with Gasteiger partial charge < -0.3 is 14.8 Å². The number of hydrogen-bond acceptors (Lipinski definition) is 4. The van der Waals surface area contributed by atoms with Crippen molar-refractivity contribution in [2.45, 2.75) is 45.3 Å². The Morgan fingerprint density at radius 3 is 2.48 bits per heavy atom. The smallest absolute Gasteiger partial charge is 0.262 e. The van der Waals surface area contributed by atoms with Gasteiger partial charge in [0.25, 0.3) is 5.91 Å². The highest BCUT2D eigenvalue weighted by Gasteiger charge is 2.20. The molecule has 31 heavy (non-hydrogen) atoms. The molecule has 5 nitrogen and oxygen atoms in total. The molecule has 0 aromatic heterocycles. The number of benzene rings is 2. The molecule has 0 heterocycles. The fourth-order valence-electron chi connectivity index (χ4n) is 3.42. The monoisotopic (exact) mass is 546 g/mol. The first-order chi connectivity index (χ1) is 15.0. The van der Waals surface area contributed by atoms with Gasteiger partial charge in [-0.05, 0) is 61.2 Å². The van der Waals surface area contributed by atoms with Crippen LogP contribution >= 0.6 is 31.9 Å². The van der Waals surface area contributed by atoms with Gasteiger partial charge in [-0.1, -0.05) is 56.8 Å². The van der Waals surface area contributed by atoms with Gasteiger partial charge in [0, 0.05) is 15.0 Å². The van der Waals surface area contributed by atoms with Gasteiger partial charge in [-0.2, -0.15) is 5.26 Å². The lowest BCUT2D eigenvalue weighted by Gasteiger charge is -2.15. The summed E-state index contributed by atoms with van der Waals surface area (Å²) >= 11 is 6.96. The maximum absolute atomic E-state index is 12.5. The average Bonchev–Trinajstić information content (AvgIpc) is 3.27. The second kappa shape index (κ2) is 11.4. The number of rotatable bonds is 8. The predicted octanol–water partition coefficient (Wildman–Crippen LogP) is 6.16. The molecular weight excluding hydrogens is 524 g/mol. The quantitative estimate of drug-likeness (QED) is 0.317. The summed E-state index contributed by atoms with van der Waals surface area (Å²) in [4.78, 5) is 12.5. The van der Waals surface area contributed by atoms with Crippen LogP contribution in [0.15, 0.2) is 50.9 Å². The van der Waals surface area contributed by atoms with Gasteiger partial charge in [0.05, 0.1) is 6.61 Å². The lowest BCUT2D eigenvalue weighted by molar-refractivity contribution is -0.117. The molecule has 0 saturated heterocycles. The van der Waals surface area contributed by atoms with Crippen molar-refractivity contribution in [3.8, 4) is 17.6 Å². The van der Waals surface area contributed by atoms with E-state index in [1.54, 1.807) is 18.2 Å². The Morgan fingerprint density at radius 1 is 1.16 bits per heavy atom. The number of halogens is 2. The summed E-state index contributed by atoms with van der Waals surface area (Å²) in [5.41, 5.74) is 1.78. The van der Waals surface area contributed by atoms with E-state index >= 15 is 0 Å². The zero-order valence-corrected chi connectivity index (χ0v) is 20.5. The molecule has 1 saturated carbocycles. The molecular formula is C24H24Br2N2O3. The summed E-state index contributed by atoms with van der Waals surface area (Å²) in [6.45, 7) is 2.75. The van der Waals surface area contributed by atoms with Gasteiger partial charge in [0.15, 0.2) is 11.5 Å². The SMILES string of the molecule is CCOc1cc(/C=C(/C#N)C(=O)NC2CCCC2)c(Br)cc1OCc1ccc(Br)cc1. The number of nitriles is 1. The zero-order valence-electron chi connectivity index (χ0n) is 17.3. The van der Waals surface area contributed by atoms with E-state index < -0.39 is 0 Å². The number of hydrogen-bond donors (Lipinski definition) is 1. The fraction of sp³-hybridized carbons (Fsp3) is 0.333. The van der Waals surface area contributed by atoms with Gasteiger partial charge in [0.2, 0.25) is 0 Å². The Hall–Kier alpha value is -2.30. The topological polar surface area (TPSA) is 71.3 Å². The molecule has 3 rings (SSSR count). The van der Waals surface area contributed by atoms with Crippen molar-refractivity contribution in [2.75, 3.05) is 6.61 Å². The first-order valence-corrected chi connectivity index (χ1v) is 11.8. The molecule has 1 aliphatic rings. The summed E-state index contributed by atoms with van der Waals surface area (Å²) in [7, 11) is 0. The molecule has 1 N–H and O–H groups in total. The number of ether oxygens (including phenoxy) is 2. The molecule has 1 aliphatic carbocycles. The van der Waals surface area contributed by atoms with Crippen LogP contribution in [0.5, 0.6) is 11.5 Å². The van der Waals surface area contributed by atoms with Crippen LogP contribution in [0.1, 0.15) is 43.7 Å². The van der Waals surface area contributed by atoms with Crippen LogP contribution in [-0.4, -0.2) is 18.6 Å². The molecule has 1 fully saturated rings. The van der Waals surface area contributed by atoms with Crippen LogP contribution in [-0.2, 0) is 11.4 Å². The summed E-state index contributed by atoms with van der Waals surface area (Å²) in [6.07, 6.45) is 5.73. The van der Waals surface area contributed by atoms with Crippen molar-refractivity contribution in [2.24, 2.45) is 0 Å². The van der Waals surface area contributed by atoms with Gasteiger partial charge in [-0.15, -0.1) is 0 Å². The molecule has 0 bridgehead atoms. The molecule has 0 atom stereocenters. The molecule has 0 unspecified atom stereocenters. The van der Waals surface area contributed by atoms with E-state index in [0.717, 1.165) is 35.7 Å². The minimum absolute atomic E-state index is 0.0681. The van der Waals surface area contributed by atoms with Gasteiger partial charge >= 0.3 is 0 Å². The normalized spacial score (nSPS) is 14.2. The molecule has 0 aliphatic heterocycles. The van der Waals surface area contributed by atoms with Crippen LogP contribution in [0, 0.1) is 11.3 Å². The van der Waals surface area contributed by atoms with E-state index in [9.17, 15) is 10.1 Å².